The van der Waals surface area contributed by atoms with Crippen molar-refractivity contribution in [1.29, 1.82) is 0 Å². The lowest BCUT2D eigenvalue weighted by Crippen LogP contribution is -2.19. The molecule has 1 amide bonds. The first-order chi connectivity index (χ1) is 15.2. The third-order valence-corrected chi connectivity index (χ3v) is 5.61. The molecule has 4 aromatic rings. The molecule has 1 N–H and O–H groups in total. The first-order valence-corrected chi connectivity index (χ1v) is 10.4. The van der Waals surface area contributed by atoms with E-state index in [1.54, 1.807) is 16.6 Å². The molecule has 0 unspecified atom stereocenters. The fraction of sp³-hybridized carbons (Fsp3) is 0.208. The second kappa shape index (κ2) is 8.18. The van der Waals surface area contributed by atoms with Crippen LogP contribution in [0, 0.1) is 5.82 Å². The highest BCUT2D eigenvalue weighted by Crippen LogP contribution is 2.26. The smallest absolute Gasteiger partial charge is 0.228 e. The summed E-state index contributed by atoms with van der Waals surface area (Å²) in [7, 11) is 0. The zero-order chi connectivity index (χ0) is 21.2. The van der Waals surface area contributed by atoms with Crippen molar-refractivity contribution in [1.82, 2.24) is 14.6 Å². The van der Waals surface area contributed by atoms with Crippen molar-refractivity contribution in [2.75, 3.05) is 23.3 Å². The Balaban J connectivity index is 1.23. The normalized spacial score (nSPS) is 13.6. The van der Waals surface area contributed by atoms with Gasteiger partial charge in [0, 0.05) is 25.0 Å². The molecule has 3 heterocycles. The molecule has 0 bridgehead atoms. The van der Waals surface area contributed by atoms with Crippen LogP contribution < -0.4 is 10.2 Å². The Labute approximate surface area is 179 Å². The van der Waals surface area contributed by atoms with Crippen LogP contribution in [0.2, 0.25) is 0 Å². The van der Waals surface area contributed by atoms with E-state index in [0.717, 1.165) is 48.3 Å². The highest BCUT2D eigenvalue weighted by molar-refractivity contribution is 5.92. The van der Waals surface area contributed by atoms with Gasteiger partial charge in [0.1, 0.15) is 12.1 Å². The first kappa shape index (κ1) is 19.2. The summed E-state index contributed by atoms with van der Waals surface area (Å²) in [6, 6.07) is 16.7. The topological polar surface area (TPSA) is 62.5 Å². The quantitative estimate of drug-likeness (QED) is 0.527. The number of carbonyl (C=O) groups excluding carboxylic acids is 1. The van der Waals surface area contributed by atoms with Gasteiger partial charge in [-0.25, -0.2) is 13.9 Å². The van der Waals surface area contributed by atoms with Crippen molar-refractivity contribution >= 4 is 22.9 Å². The predicted octanol–water partition coefficient (Wildman–Crippen LogP) is 4.32. The number of nitrogens with one attached hydrogen (secondary N) is 1. The standard InChI is InChI=1S/C24H22FN5O/c25-21-15-20(7-8-22(21)29-10-1-2-11-29)28-24(31)13-17-3-5-18(6-4-17)19-9-12-30-23(14-19)26-16-27-30/h3-9,12,14-16H,1-2,10-11,13H2,(H,28,31). The fourth-order valence-electron chi connectivity index (χ4n) is 4.00. The van der Waals surface area contributed by atoms with E-state index in [-0.39, 0.29) is 18.1 Å². The van der Waals surface area contributed by atoms with Crippen molar-refractivity contribution in [3.05, 3.63) is 78.5 Å². The maximum Gasteiger partial charge on any atom is 0.228 e. The number of hydrogen-bond donors (Lipinski definition) is 1. The molecule has 1 aliphatic rings. The number of anilines is 2. The van der Waals surface area contributed by atoms with Gasteiger partial charge >= 0.3 is 0 Å². The number of pyridine rings is 1. The number of benzene rings is 2. The number of nitrogens with zero attached hydrogens (tertiary/aromatic N) is 4. The molecule has 1 aliphatic heterocycles. The molecule has 156 valence electrons. The van der Waals surface area contributed by atoms with Gasteiger partial charge in [-0.3, -0.25) is 4.79 Å². The lowest BCUT2D eigenvalue weighted by molar-refractivity contribution is -0.115. The van der Waals surface area contributed by atoms with Crippen LogP contribution in [0.3, 0.4) is 0 Å². The van der Waals surface area contributed by atoms with Crippen LogP contribution in [0.15, 0.2) is 67.1 Å². The van der Waals surface area contributed by atoms with E-state index in [0.29, 0.717) is 11.4 Å². The summed E-state index contributed by atoms with van der Waals surface area (Å²) in [6.45, 7) is 1.76. The monoisotopic (exact) mass is 415 g/mol. The number of fused-ring (bicyclic) bond motifs is 1. The number of hydrogen-bond acceptors (Lipinski definition) is 4. The molecule has 6 nitrogen and oxygen atoms in total. The first-order valence-electron chi connectivity index (χ1n) is 10.4. The Morgan fingerprint density at radius 1 is 1.00 bits per heavy atom. The van der Waals surface area contributed by atoms with Crippen LogP contribution in [0.1, 0.15) is 18.4 Å². The summed E-state index contributed by atoms with van der Waals surface area (Å²) in [5, 5.41) is 6.90. The van der Waals surface area contributed by atoms with E-state index in [2.05, 4.69) is 15.4 Å². The van der Waals surface area contributed by atoms with E-state index in [9.17, 15) is 9.18 Å². The molecule has 0 spiro atoms. The molecule has 7 heteroatoms. The second-order valence-corrected chi connectivity index (χ2v) is 7.76. The van der Waals surface area contributed by atoms with E-state index >= 15 is 0 Å². The Morgan fingerprint density at radius 3 is 2.58 bits per heavy atom. The number of halogens is 1. The Kier molecular flexibility index (Phi) is 5.08. The highest BCUT2D eigenvalue weighted by atomic mass is 19.1. The molecular weight excluding hydrogens is 393 g/mol. The van der Waals surface area contributed by atoms with Gasteiger partial charge in [0.25, 0.3) is 0 Å². The zero-order valence-corrected chi connectivity index (χ0v) is 17.0. The largest absolute Gasteiger partial charge is 0.369 e. The van der Waals surface area contributed by atoms with Crippen molar-refractivity contribution in [3.63, 3.8) is 0 Å². The van der Waals surface area contributed by atoms with Gasteiger partial charge < -0.3 is 10.2 Å². The third-order valence-electron chi connectivity index (χ3n) is 5.61. The minimum absolute atomic E-state index is 0.175. The molecular formula is C24H22FN5O. The molecule has 5 rings (SSSR count). The van der Waals surface area contributed by atoms with Crippen LogP contribution in [0.5, 0.6) is 0 Å². The molecule has 2 aromatic heterocycles. The molecule has 0 saturated carbocycles. The van der Waals surface area contributed by atoms with E-state index in [1.165, 1.54) is 12.4 Å². The van der Waals surface area contributed by atoms with Crippen LogP contribution in [-0.4, -0.2) is 33.6 Å². The van der Waals surface area contributed by atoms with Gasteiger partial charge in [-0.05, 0) is 59.9 Å². The predicted molar refractivity (Wildman–Crippen MR) is 119 cm³/mol. The van der Waals surface area contributed by atoms with Crippen LogP contribution in [0.4, 0.5) is 15.8 Å². The number of rotatable bonds is 5. The average molecular weight is 415 g/mol. The van der Waals surface area contributed by atoms with Gasteiger partial charge in [0.15, 0.2) is 5.65 Å². The average Bonchev–Trinajstić information content (AvgIpc) is 3.46. The number of aromatic nitrogens is 3. The molecule has 1 fully saturated rings. The van der Waals surface area contributed by atoms with Gasteiger partial charge in [-0.1, -0.05) is 24.3 Å². The van der Waals surface area contributed by atoms with E-state index in [4.69, 9.17) is 0 Å². The van der Waals surface area contributed by atoms with E-state index in [1.807, 2.05) is 47.5 Å². The van der Waals surface area contributed by atoms with Gasteiger partial charge in [-0.15, -0.1) is 0 Å². The van der Waals surface area contributed by atoms with Gasteiger partial charge in [0.2, 0.25) is 5.91 Å². The van der Waals surface area contributed by atoms with Crippen LogP contribution >= 0.6 is 0 Å². The van der Waals surface area contributed by atoms with Gasteiger partial charge in [-0.2, -0.15) is 5.10 Å². The van der Waals surface area contributed by atoms with Gasteiger partial charge in [0.05, 0.1) is 12.1 Å². The number of amides is 1. The molecule has 31 heavy (non-hydrogen) atoms. The molecule has 0 radical (unpaired) electrons. The maximum absolute atomic E-state index is 14.5. The Bertz CT molecular complexity index is 1230. The SMILES string of the molecule is O=C(Cc1ccc(-c2ccn3ncnc3c2)cc1)Nc1ccc(N2CCCC2)c(F)c1. The summed E-state index contributed by atoms with van der Waals surface area (Å²) in [5.41, 5.74) is 4.82. The van der Waals surface area contributed by atoms with Crippen LogP contribution in [-0.2, 0) is 11.2 Å². The van der Waals surface area contributed by atoms with Crippen LogP contribution in [0.25, 0.3) is 16.8 Å². The Morgan fingerprint density at radius 2 is 1.81 bits per heavy atom. The number of carbonyl (C=O) groups is 1. The molecule has 0 aliphatic carbocycles. The summed E-state index contributed by atoms with van der Waals surface area (Å²) >= 11 is 0. The van der Waals surface area contributed by atoms with Crippen molar-refractivity contribution in [2.24, 2.45) is 0 Å². The molecule has 0 atom stereocenters. The molecule has 1 saturated heterocycles. The summed E-state index contributed by atoms with van der Waals surface area (Å²) in [6.07, 6.45) is 5.79. The van der Waals surface area contributed by atoms with Crippen molar-refractivity contribution < 1.29 is 9.18 Å². The maximum atomic E-state index is 14.5. The fourth-order valence-corrected chi connectivity index (χ4v) is 4.00. The Hall–Kier alpha value is -3.74. The molecule has 2 aromatic carbocycles. The summed E-state index contributed by atoms with van der Waals surface area (Å²) < 4.78 is 16.2. The summed E-state index contributed by atoms with van der Waals surface area (Å²) in [5.74, 6) is -0.473. The zero-order valence-electron chi connectivity index (χ0n) is 17.0. The minimum Gasteiger partial charge on any atom is -0.369 e. The van der Waals surface area contributed by atoms with Crippen molar-refractivity contribution in [3.8, 4) is 11.1 Å². The summed E-state index contributed by atoms with van der Waals surface area (Å²) in [4.78, 5) is 18.7. The third kappa shape index (κ3) is 4.12. The van der Waals surface area contributed by atoms with E-state index < -0.39 is 0 Å². The van der Waals surface area contributed by atoms with Crippen molar-refractivity contribution in [2.45, 2.75) is 19.3 Å². The minimum atomic E-state index is -0.298. The highest BCUT2D eigenvalue weighted by Gasteiger charge is 2.16. The lowest BCUT2D eigenvalue weighted by atomic mass is 10.0. The second-order valence-electron chi connectivity index (χ2n) is 7.76. The lowest BCUT2D eigenvalue weighted by Gasteiger charge is -2.18.